The van der Waals surface area contributed by atoms with Crippen molar-refractivity contribution in [3.63, 3.8) is 0 Å². The van der Waals surface area contributed by atoms with E-state index >= 15 is 0 Å². The van der Waals surface area contributed by atoms with Crippen molar-refractivity contribution in [3.8, 4) is 11.3 Å². The van der Waals surface area contributed by atoms with Crippen molar-refractivity contribution >= 4 is 5.91 Å². The molecule has 0 radical (unpaired) electrons. The molecule has 4 rings (SSSR count). The van der Waals surface area contributed by atoms with E-state index in [1.807, 2.05) is 53.0 Å². The quantitative estimate of drug-likeness (QED) is 0.648. The van der Waals surface area contributed by atoms with Gasteiger partial charge in [0.15, 0.2) is 11.7 Å². The molecule has 1 N–H and O–H groups in total. The number of benzene rings is 1. The Balaban J connectivity index is 1.21. The van der Waals surface area contributed by atoms with Crippen LogP contribution in [0.2, 0.25) is 0 Å². The zero-order valence-electron chi connectivity index (χ0n) is 17.3. The Labute approximate surface area is 176 Å². The Morgan fingerprint density at radius 1 is 1.23 bits per heavy atom. The van der Waals surface area contributed by atoms with Gasteiger partial charge in [-0.15, -0.1) is 0 Å². The second-order valence-corrected chi connectivity index (χ2v) is 7.90. The summed E-state index contributed by atoms with van der Waals surface area (Å²) < 4.78 is 7.67. The maximum Gasteiger partial charge on any atom is 0.222 e. The lowest BCUT2D eigenvalue weighted by atomic mass is 9.90. The van der Waals surface area contributed by atoms with Crippen LogP contribution in [0.15, 0.2) is 53.3 Å². The van der Waals surface area contributed by atoms with Gasteiger partial charge in [-0.2, -0.15) is 0 Å². The first-order chi connectivity index (χ1) is 14.6. The molecule has 1 aromatic carbocycles. The Hall–Kier alpha value is -2.93. The molecular formula is C23H28N4O3. The monoisotopic (exact) mass is 408 g/mol. The summed E-state index contributed by atoms with van der Waals surface area (Å²) in [6, 6.07) is 9.88. The molecule has 0 bridgehead atoms. The van der Waals surface area contributed by atoms with E-state index in [0.29, 0.717) is 44.1 Å². The molecule has 1 amide bonds. The van der Waals surface area contributed by atoms with Crippen LogP contribution in [0.1, 0.15) is 43.5 Å². The highest BCUT2D eigenvalue weighted by molar-refractivity contribution is 5.76. The maximum absolute atomic E-state index is 12.6. The van der Waals surface area contributed by atoms with E-state index in [-0.39, 0.29) is 11.8 Å². The van der Waals surface area contributed by atoms with Crippen LogP contribution in [-0.2, 0) is 18.3 Å². The van der Waals surface area contributed by atoms with E-state index in [1.165, 1.54) is 0 Å². The molecule has 158 valence electrons. The second kappa shape index (κ2) is 9.26. The number of likely N-dealkylation sites (tertiary alicyclic amines) is 1. The predicted octanol–water partition coefficient (Wildman–Crippen LogP) is 3.37. The molecule has 1 atom stereocenters. The molecule has 30 heavy (non-hydrogen) atoms. The summed E-state index contributed by atoms with van der Waals surface area (Å²) in [5.74, 6) is 2.41. The minimum Gasteiger partial charge on any atom is -0.441 e. The Kier molecular flexibility index (Phi) is 6.28. The fraction of sp³-hybridized carbons (Fsp3) is 0.435. The van der Waals surface area contributed by atoms with E-state index in [1.54, 1.807) is 12.4 Å². The smallest absolute Gasteiger partial charge is 0.222 e. The summed E-state index contributed by atoms with van der Waals surface area (Å²) in [6.45, 7) is 1.37. The molecular weight excluding hydrogens is 380 g/mol. The molecule has 1 fully saturated rings. The summed E-state index contributed by atoms with van der Waals surface area (Å²) in [7, 11) is 1.89. The molecule has 1 unspecified atom stereocenters. The number of amides is 1. The van der Waals surface area contributed by atoms with E-state index in [0.717, 1.165) is 24.2 Å². The number of aryl methyl sites for hydroxylation is 2. The number of hydrogen-bond acceptors (Lipinski definition) is 5. The molecule has 3 aromatic rings. The van der Waals surface area contributed by atoms with Gasteiger partial charge in [0.25, 0.3) is 0 Å². The SMILES string of the molecule is Cn1ccnc1C(O)C1CCN(C(=O)CCCc2ncc(-c3ccccc3)o2)CC1. The van der Waals surface area contributed by atoms with Gasteiger partial charge in [-0.1, -0.05) is 30.3 Å². The number of carbonyl (C=O) groups is 1. The lowest BCUT2D eigenvalue weighted by molar-refractivity contribution is -0.133. The molecule has 1 aliphatic heterocycles. The number of nitrogens with zero attached hydrogens (tertiary/aromatic N) is 4. The van der Waals surface area contributed by atoms with Gasteiger partial charge in [0.2, 0.25) is 5.91 Å². The van der Waals surface area contributed by atoms with Crippen molar-refractivity contribution in [1.82, 2.24) is 19.4 Å². The number of aliphatic hydroxyl groups is 1. The summed E-state index contributed by atoms with van der Waals surface area (Å²) >= 11 is 0. The van der Waals surface area contributed by atoms with Crippen LogP contribution in [0.3, 0.4) is 0 Å². The maximum atomic E-state index is 12.6. The Bertz CT molecular complexity index is 958. The highest BCUT2D eigenvalue weighted by atomic mass is 16.4. The number of aromatic nitrogens is 3. The summed E-state index contributed by atoms with van der Waals surface area (Å²) in [5, 5.41) is 10.6. The lowest BCUT2D eigenvalue weighted by Crippen LogP contribution is -2.40. The molecule has 0 saturated carbocycles. The molecule has 0 aliphatic carbocycles. The summed E-state index contributed by atoms with van der Waals surface area (Å²) in [4.78, 5) is 23.1. The largest absolute Gasteiger partial charge is 0.441 e. The average Bonchev–Trinajstić information content (AvgIpc) is 3.43. The zero-order chi connectivity index (χ0) is 20.9. The van der Waals surface area contributed by atoms with Crippen LogP contribution in [0, 0.1) is 5.92 Å². The number of imidazole rings is 1. The van der Waals surface area contributed by atoms with Crippen LogP contribution in [-0.4, -0.2) is 43.5 Å². The Morgan fingerprint density at radius 2 is 2.00 bits per heavy atom. The van der Waals surface area contributed by atoms with E-state index in [2.05, 4.69) is 9.97 Å². The zero-order valence-corrected chi connectivity index (χ0v) is 17.3. The van der Waals surface area contributed by atoms with Gasteiger partial charge >= 0.3 is 0 Å². The third-order valence-corrected chi connectivity index (χ3v) is 5.85. The fourth-order valence-corrected chi connectivity index (χ4v) is 4.05. The van der Waals surface area contributed by atoms with Crippen LogP contribution < -0.4 is 0 Å². The van der Waals surface area contributed by atoms with Crippen molar-refractivity contribution in [2.75, 3.05) is 13.1 Å². The van der Waals surface area contributed by atoms with E-state index < -0.39 is 6.10 Å². The van der Waals surface area contributed by atoms with Gasteiger partial charge in [0.05, 0.1) is 6.20 Å². The number of piperidine rings is 1. The molecule has 1 saturated heterocycles. The third kappa shape index (κ3) is 4.62. The minimum absolute atomic E-state index is 0.138. The van der Waals surface area contributed by atoms with Gasteiger partial charge in [-0.05, 0) is 25.2 Å². The molecule has 3 heterocycles. The number of oxazole rings is 1. The first-order valence-corrected chi connectivity index (χ1v) is 10.5. The van der Waals surface area contributed by atoms with Crippen molar-refractivity contribution in [3.05, 3.63) is 60.6 Å². The standard InChI is InChI=1S/C23H28N4O3/c1-26-15-12-24-23(26)22(29)18-10-13-27(14-11-18)21(28)9-5-8-20-25-16-19(30-20)17-6-3-2-4-7-17/h2-4,6-7,12,15-16,18,22,29H,5,8-11,13-14H2,1H3. The number of hydrogen-bond donors (Lipinski definition) is 1. The van der Waals surface area contributed by atoms with Crippen molar-refractivity contribution in [1.29, 1.82) is 0 Å². The average molecular weight is 409 g/mol. The predicted molar refractivity (Wildman–Crippen MR) is 112 cm³/mol. The third-order valence-electron chi connectivity index (χ3n) is 5.85. The van der Waals surface area contributed by atoms with Gasteiger partial charge in [-0.25, -0.2) is 9.97 Å². The van der Waals surface area contributed by atoms with Gasteiger partial charge in [0, 0.05) is 50.9 Å². The normalized spacial score (nSPS) is 16.0. The summed E-state index contributed by atoms with van der Waals surface area (Å²) in [6.07, 6.45) is 8.13. The highest BCUT2D eigenvalue weighted by Crippen LogP contribution is 2.30. The lowest BCUT2D eigenvalue weighted by Gasteiger charge is -2.34. The van der Waals surface area contributed by atoms with E-state index in [9.17, 15) is 9.90 Å². The Morgan fingerprint density at radius 3 is 2.70 bits per heavy atom. The highest BCUT2D eigenvalue weighted by Gasteiger charge is 2.29. The van der Waals surface area contributed by atoms with E-state index in [4.69, 9.17) is 4.42 Å². The van der Waals surface area contributed by atoms with Gasteiger partial charge < -0.3 is 19.0 Å². The van der Waals surface area contributed by atoms with Crippen LogP contribution in [0.5, 0.6) is 0 Å². The van der Waals surface area contributed by atoms with Gasteiger partial charge in [0.1, 0.15) is 11.9 Å². The molecule has 7 nitrogen and oxygen atoms in total. The fourth-order valence-electron chi connectivity index (χ4n) is 4.05. The first-order valence-electron chi connectivity index (χ1n) is 10.5. The van der Waals surface area contributed by atoms with Crippen LogP contribution in [0.4, 0.5) is 0 Å². The van der Waals surface area contributed by atoms with Crippen LogP contribution in [0.25, 0.3) is 11.3 Å². The minimum atomic E-state index is -0.578. The molecule has 7 heteroatoms. The molecule has 1 aliphatic rings. The van der Waals surface area contributed by atoms with Crippen molar-refractivity contribution in [2.45, 2.75) is 38.2 Å². The number of aliphatic hydroxyl groups excluding tert-OH is 1. The second-order valence-electron chi connectivity index (χ2n) is 7.90. The number of rotatable bonds is 7. The van der Waals surface area contributed by atoms with Crippen molar-refractivity contribution < 1.29 is 14.3 Å². The topological polar surface area (TPSA) is 84.4 Å². The first kappa shape index (κ1) is 20.3. The van der Waals surface area contributed by atoms with Crippen LogP contribution >= 0.6 is 0 Å². The van der Waals surface area contributed by atoms with Gasteiger partial charge in [-0.3, -0.25) is 4.79 Å². The summed E-state index contributed by atoms with van der Waals surface area (Å²) in [5.41, 5.74) is 1.00. The van der Waals surface area contributed by atoms with Crippen molar-refractivity contribution in [2.24, 2.45) is 13.0 Å². The number of carbonyl (C=O) groups excluding carboxylic acids is 1. The molecule has 2 aromatic heterocycles. The molecule has 0 spiro atoms.